The first-order valence-electron chi connectivity index (χ1n) is 10.8. The zero-order chi connectivity index (χ0) is 23.0. The summed E-state index contributed by atoms with van der Waals surface area (Å²) in [6, 6.07) is 4.77. The molecule has 0 bridgehead atoms. The molecule has 1 fully saturated rings. The van der Waals surface area contributed by atoms with Gasteiger partial charge in [-0.1, -0.05) is 20.8 Å². The summed E-state index contributed by atoms with van der Waals surface area (Å²) in [7, 11) is -4.22. The van der Waals surface area contributed by atoms with E-state index in [1.807, 2.05) is 0 Å². The molecule has 172 valence electrons. The van der Waals surface area contributed by atoms with Crippen LogP contribution in [0, 0.1) is 16.7 Å². The van der Waals surface area contributed by atoms with E-state index in [0.29, 0.717) is 11.4 Å². The van der Waals surface area contributed by atoms with Gasteiger partial charge < -0.3 is 13.5 Å². The van der Waals surface area contributed by atoms with Crippen LogP contribution < -0.4 is 0 Å². The summed E-state index contributed by atoms with van der Waals surface area (Å²) in [5.41, 5.74) is 0.611. The minimum Gasteiger partial charge on any atom is -0.381 e. The van der Waals surface area contributed by atoms with Crippen LogP contribution in [-0.2, 0) is 36.8 Å². The molecule has 1 saturated heterocycles. The van der Waals surface area contributed by atoms with Crippen molar-refractivity contribution in [1.29, 1.82) is 0 Å². The first-order valence-corrected chi connectivity index (χ1v) is 12.2. The van der Waals surface area contributed by atoms with E-state index >= 15 is 0 Å². The second kappa shape index (κ2) is 8.54. The highest BCUT2D eigenvalue weighted by Gasteiger charge is 2.30. The van der Waals surface area contributed by atoms with Crippen molar-refractivity contribution in [3.05, 3.63) is 24.0 Å². The number of rotatable bonds is 5. The van der Waals surface area contributed by atoms with Gasteiger partial charge in [0.15, 0.2) is 0 Å². The SMILES string of the molecule is CC(C)(C)Cc1nc2cc(S(=O)(=O)OC(=O)C(C)(C)C)ccc2n1CC1CCOCC1. The molecule has 2 aromatic rings. The smallest absolute Gasteiger partial charge is 0.341 e. The number of ether oxygens (including phenoxy) is 1. The molecule has 0 amide bonds. The zero-order valence-electron chi connectivity index (χ0n) is 19.4. The molecule has 3 rings (SSSR count). The summed E-state index contributed by atoms with van der Waals surface area (Å²) in [6.45, 7) is 13.7. The lowest BCUT2D eigenvalue weighted by molar-refractivity contribution is -0.142. The number of benzene rings is 1. The topological polar surface area (TPSA) is 87.5 Å². The third-order valence-corrected chi connectivity index (χ3v) is 6.56. The molecule has 0 saturated carbocycles. The van der Waals surface area contributed by atoms with E-state index in [-0.39, 0.29) is 10.3 Å². The molecule has 1 aliphatic rings. The molecule has 31 heavy (non-hydrogen) atoms. The fourth-order valence-corrected chi connectivity index (χ4v) is 4.62. The second-order valence-corrected chi connectivity index (χ2v) is 12.2. The Morgan fingerprint density at radius 2 is 1.81 bits per heavy atom. The highest BCUT2D eigenvalue weighted by atomic mass is 32.2. The predicted octanol–water partition coefficient (Wildman–Crippen LogP) is 4.33. The van der Waals surface area contributed by atoms with Crippen molar-refractivity contribution in [2.75, 3.05) is 13.2 Å². The average molecular weight is 451 g/mol. The van der Waals surface area contributed by atoms with E-state index in [1.54, 1.807) is 26.8 Å². The van der Waals surface area contributed by atoms with Crippen molar-refractivity contribution < 1.29 is 22.1 Å². The molecule has 1 aromatic heterocycles. The fourth-order valence-electron chi connectivity index (χ4n) is 3.59. The Morgan fingerprint density at radius 3 is 2.39 bits per heavy atom. The van der Waals surface area contributed by atoms with Gasteiger partial charge in [0.1, 0.15) is 10.7 Å². The average Bonchev–Trinajstić information content (AvgIpc) is 2.96. The molecular weight excluding hydrogens is 416 g/mol. The van der Waals surface area contributed by atoms with Gasteiger partial charge in [-0.3, -0.25) is 4.79 Å². The summed E-state index contributed by atoms with van der Waals surface area (Å²) in [4.78, 5) is 16.9. The van der Waals surface area contributed by atoms with Crippen LogP contribution in [0.2, 0.25) is 0 Å². The van der Waals surface area contributed by atoms with Gasteiger partial charge in [0.25, 0.3) is 0 Å². The molecule has 0 radical (unpaired) electrons. The van der Waals surface area contributed by atoms with Gasteiger partial charge in [0, 0.05) is 26.2 Å². The molecule has 0 aliphatic carbocycles. The Hall–Kier alpha value is -1.93. The Balaban J connectivity index is 1.99. The van der Waals surface area contributed by atoms with Crippen molar-refractivity contribution >= 4 is 27.1 Å². The van der Waals surface area contributed by atoms with E-state index in [1.165, 1.54) is 12.1 Å². The van der Waals surface area contributed by atoms with Crippen LogP contribution in [0.3, 0.4) is 0 Å². The Kier molecular flexibility index (Phi) is 6.54. The molecule has 0 N–H and O–H groups in total. The van der Waals surface area contributed by atoms with Gasteiger partial charge >= 0.3 is 16.1 Å². The van der Waals surface area contributed by atoms with Gasteiger partial charge in [0.2, 0.25) is 0 Å². The minimum atomic E-state index is -4.22. The van der Waals surface area contributed by atoms with Gasteiger partial charge in [0.05, 0.1) is 16.4 Å². The number of fused-ring (bicyclic) bond motifs is 1. The van der Waals surface area contributed by atoms with E-state index in [2.05, 4.69) is 25.3 Å². The summed E-state index contributed by atoms with van der Waals surface area (Å²) in [5.74, 6) is 0.655. The number of carbonyl (C=O) groups excluding carboxylic acids is 1. The molecule has 2 heterocycles. The third kappa shape index (κ3) is 5.86. The highest BCUT2D eigenvalue weighted by molar-refractivity contribution is 7.87. The molecule has 1 aliphatic heterocycles. The van der Waals surface area contributed by atoms with E-state index < -0.39 is 21.5 Å². The zero-order valence-corrected chi connectivity index (χ0v) is 20.2. The number of imidazole rings is 1. The minimum absolute atomic E-state index is 0.0337. The number of carbonyl (C=O) groups is 1. The van der Waals surface area contributed by atoms with E-state index in [0.717, 1.165) is 50.4 Å². The Bertz CT molecular complexity index is 1050. The molecule has 8 heteroatoms. The Labute approximate surface area is 185 Å². The lowest BCUT2D eigenvalue weighted by Crippen LogP contribution is -2.26. The van der Waals surface area contributed by atoms with E-state index in [9.17, 15) is 13.2 Å². The van der Waals surface area contributed by atoms with E-state index in [4.69, 9.17) is 13.9 Å². The number of hydrogen-bond acceptors (Lipinski definition) is 6. The largest absolute Gasteiger partial charge is 0.381 e. The standard InChI is InChI=1S/C23H34N2O5S/c1-22(2,3)14-20-24-18-13-17(31(27,28)30-21(26)23(4,5)6)7-8-19(18)25(20)15-16-9-11-29-12-10-16/h7-8,13,16H,9-12,14-15H2,1-6H3. The van der Waals surface area contributed by atoms with Crippen LogP contribution in [0.25, 0.3) is 11.0 Å². The van der Waals surface area contributed by atoms with Crippen molar-refractivity contribution in [2.45, 2.75) is 72.2 Å². The number of nitrogens with zero attached hydrogens (tertiary/aromatic N) is 2. The predicted molar refractivity (Wildman–Crippen MR) is 119 cm³/mol. The van der Waals surface area contributed by atoms with Crippen LogP contribution in [0.4, 0.5) is 0 Å². The first kappa shape index (κ1) is 23.7. The van der Waals surface area contributed by atoms with Crippen LogP contribution in [0.5, 0.6) is 0 Å². The highest BCUT2D eigenvalue weighted by Crippen LogP contribution is 2.29. The maximum absolute atomic E-state index is 12.7. The number of aromatic nitrogens is 2. The molecule has 0 atom stereocenters. The van der Waals surface area contributed by atoms with Crippen molar-refractivity contribution in [1.82, 2.24) is 9.55 Å². The summed E-state index contributed by atoms with van der Waals surface area (Å²) < 4.78 is 37.9. The Morgan fingerprint density at radius 1 is 1.16 bits per heavy atom. The molecule has 1 aromatic carbocycles. The maximum Gasteiger partial charge on any atom is 0.341 e. The van der Waals surface area contributed by atoms with Gasteiger partial charge in [-0.2, -0.15) is 8.42 Å². The molecular formula is C23H34N2O5S. The maximum atomic E-state index is 12.7. The quantitative estimate of drug-likeness (QED) is 0.630. The molecule has 7 nitrogen and oxygen atoms in total. The normalized spacial score (nSPS) is 16.6. The van der Waals surface area contributed by atoms with Gasteiger partial charge in [-0.05, 0) is 63.1 Å². The molecule has 0 unspecified atom stereocenters. The third-order valence-electron chi connectivity index (χ3n) is 5.36. The van der Waals surface area contributed by atoms with Crippen LogP contribution in [0.15, 0.2) is 23.1 Å². The van der Waals surface area contributed by atoms with Crippen molar-refractivity contribution in [3.8, 4) is 0 Å². The summed E-state index contributed by atoms with van der Waals surface area (Å²) in [5, 5.41) is 0. The summed E-state index contributed by atoms with van der Waals surface area (Å²) >= 11 is 0. The van der Waals surface area contributed by atoms with Crippen LogP contribution in [-0.4, -0.2) is 37.2 Å². The van der Waals surface area contributed by atoms with Gasteiger partial charge in [-0.15, -0.1) is 0 Å². The molecule has 0 spiro atoms. The van der Waals surface area contributed by atoms with Crippen molar-refractivity contribution in [3.63, 3.8) is 0 Å². The van der Waals surface area contributed by atoms with Crippen LogP contribution >= 0.6 is 0 Å². The summed E-state index contributed by atoms with van der Waals surface area (Å²) in [6.07, 6.45) is 2.78. The lowest BCUT2D eigenvalue weighted by atomic mass is 9.91. The first-order chi connectivity index (χ1) is 14.3. The fraction of sp³-hybridized carbons (Fsp3) is 0.652. The second-order valence-electron chi connectivity index (χ2n) is 10.7. The van der Waals surface area contributed by atoms with Crippen LogP contribution in [0.1, 0.15) is 60.2 Å². The van der Waals surface area contributed by atoms with Gasteiger partial charge in [-0.25, -0.2) is 4.98 Å². The lowest BCUT2D eigenvalue weighted by Gasteiger charge is -2.25. The monoisotopic (exact) mass is 450 g/mol. The van der Waals surface area contributed by atoms with Crippen molar-refractivity contribution in [2.24, 2.45) is 16.7 Å². The number of hydrogen-bond donors (Lipinski definition) is 0.